The van der Waals surface area contributed by atoms with Gasteiger partial charge in [-0.2, -0.15) is 0 Å². The summed E-state index contributed by atoms with van der Waals surface area (Å²) in [6.07, 6.45) is 4.17. The van der Waals surface area contributed by atoms with Gasteiger partial charge in [0.05, 0.1) is 18.4 Å². The van der Waals surface area contributed by atoms with Crippen LogP contribution in [0.5, 0.6) is 0 Å². The molecule has 98 valence electrons. The number of aromatic nitrogens is 1. The average Bonchev–Trinajstić information content (AvgIpc) is 2.97. The number of oxazole rings is 1. The van der Waals surface area contributed by atoms with Crippen molar-refractivity contribution < 1.29 is 13.6 Å². The highest BCUT2D eigenvalue weighted by Crippen LogP contribution is 2.22. The Kier molecular flexibility index (Phi) is 4.55. The van der Waals surface area contributed by atoms with Gasteiger partial charge in [0.25, 0.3) is 0 Å². The van der Waals surface area contributed by atoms with Crippen molar-refractivity contribution in [2.45, 2.75) is 13.3 Å². The molecule has 0 aromatic carbocycles. The van der Waals surface area contributed by atoms with Crippen molar-refractivity contribution in [3.05, 3.63) is 30.2 Å². The number of nitrogens with zero attached hydrogens (tertiary/aromatic N) is 1. The third-order valence-electron chi connectivity index (χ3n) is 2.57. The molecule has 5 heteroatoms. The number of furan rings is 1. The quantitative estimate of drug-likeness (QED) is 0.762. The van der Waals surface area contributed by atoms with Gasteiger partial charge in [-0.05, 0) is 13.0 Å². The van der Waals surface area contributed by atoms with E-state index < -0.39 is 0 Å². The number of rotatable bonds is 7. The van der Waals surface area contributed by atoms with Gasteiger partial charge in [0, 0.05) is 26.6 Å². The van der Waals surface area contributed by atoms with Crippen LogP contribution in [0.3, 0.4) is 0 Å². The molecule has 2 aromatic heterocycles. The minimum Gasteiger partial charge on any atom is -0.469 e. The molecule has 2 heterocycles. The van der Waals surface area contributed by atoms with Crippen LogP contribution >= 0.6 is 0 Å². The average molecular weight is 250 g/mol. The molecule has 0 spiro atoms. The fourth-order valence-electron chi connectivity index (χ4n) is 1.63. The summed E-state index contributed by atoms with van der Waals surface area (Å²) in [6.45, 7) is 4.28. The molecule has 0 unspecified atom stereocenters. The van der Waals surface area contributed by atoms with Crippen LogP contribution in [0, 0.1) is 6.92 Å². The van der Waals surface area contributed by atoms with Crippen molar-refractivity contribution in [1.29, 1.82) is 0 Å². The first kappa shape index (κ1) is 12.9. The summed E-state index contributed by atoms with van der Waals surface area (Å²) in [5.74, 6) is 2.34. The summed E-state index contributed by atoms with van der Waals surface area (Å²) in [6, 6.07) is 1.93. The minimum absolute atomic E-state index is 0.713. The highest BCUT2D eigenvalue weighted by molar-refractivity contribution is 5.55. The van der Waals surface area contributed by atoms with Gasteiger partial charge in [0.15, 0.2) is 11.7 Å². The molecular formula is C13H18N2O3. The van der Waals surface area contributed by atoms with Crippen molar-refractivity contribution in [2.24, 2.45) is 0 Å². The van der Waals surface area contributed by atoms with Crippen LogP contribution in [-0.4, -0.2) is 31.8 Å². The van der Waals surface area contributed by atoms with Crippen LogP contribution in [-0.2, 0) is 11.2 Å². The highest BCUT2D eigenvalue weighted by atomic mass is 16.5. The lowest BCUT2D eigenvalue weighted by Gasteiger charge is -2.00. The predicted molar refractivity (Wildman–Crippen MR) is 67.4 cm³/mol. The van der Waals surface area contributed by atoms with Crippen LogP contribution < -0.4 is 5.32 Å². The van der Waals surface area contributed by atoms with Crippen LogP contribution in [0.1, 0.15) is 11.7 Å². The third-order valence-corrected chi connectivity index (χ3v) is 2.57. The normalized spacial score (nSPS) is 11.0. The van der Waals surface area contributed by atoms with Gasteiger partial charge in [-0.3, -0.25) is 0 Å². The lowest BCUT2D eigenvalue weighted by molar-refractivity contribution is 0.199. The number of aryl methyl sites for hydroxylation is 1. The monoisotopic (exact) mass is 250 g/mol. The highest BCUT2D eigenvalue weighted by Gasteiger charge is 2.08. The Morgan fingerprint density at radius 3 is 3.00 bits per heavy atom. The standard InChI is InChI=1S/C13H18N2O3/c1-10-7-11(9-17-10)12-8-15-13(18-12)3-4-14-5-6-16-2/h7-9,14H,3-6H2,1-2H3. The van der Waals surface area contributed by atoms with E-state index in [9.17, 15) is 0 Å². The summed E-state index contributed by atoms with van der Waals surface area (Å²) < 4.78 is 15.8. The van der Waals surface area contributed by atoms with E-state index >= 15 is 0 Å². The SMILES string of the molecule is COCCNCCc1ncc(-c2coc(C)c2)o1. The molecule has 0 aliphatic heterocycles. The van der Waals surface area contributed by atoms with Gasteiger partial charge in [-0.1, -0.05) is 0 Å². The third kappa shape index (κ3) is 3.45. The van der Waals surface area contributed by atoms with E-state index in [1.54, 1.807) is 19.6 Å². The molecule has 0 aliphatic rings. The minimum atomic E-state index is 0.713. The van der Waals surface area contributed by atoms with E-state index in [2.05, 4.69) is 10.3 Å². The zero-order chi connectivity index (χ0) is 12.8. The first-order chi connectivity index (χ1) is 8.79. The summed E-state index contributed by atoms with van der Waals surface area (Å²) in [5.41, 5.74) is 0.929. The molecule has 0 fully saturated rings. The largest absolute Gasteiger partial charge is 0.469 e. The number of nitrogens with one attached hydrogen (secondary N) is 1. The van der Waals surface area contributed by atoms with Gasteiger partial charge in [-0.15, -0.1) is 0 Å². The summed E-state index contributed by atoms with van der Waals surface area (Å²) in [7, 11) is 1.69. The van der Waals surface area contributed by atoms with E-state index in [4.69, 9.17) is 13.6 Å². The summed E-state index contributed by atoms with van der Waals surface area (Å²) in [5, 5.41) is 3.24. The Balaban J connectivity index is 1.83. The Hall–Kier alpha value is -1.59. The van der Waals surface area contributed by atoms with E-state index in [1.807, 2.05) is 13.0 Å². The molecule has 2 rings (SSSR count). The van der Waals surface area contributed by atoms with Gasteiger partial charge in [0.2, 0.25) is 0 Å². The maximum Gasteiger partial charge on any atom is 0.196 e. The van der Waals surface area contributed by atoms with Crippen molar-refractivity contribution in [3.63, 3.8) is 0 Å². The Morgan fingerprint density at radius 1 is 1.39 bits per heavy atom. The van der Waals surface area contributed by atoms with Gasteiger partial charge < -0.3 is 18.9 Å². The molecule has 5 nitrogen and oxygen atoms in total. The second-order valence-corrected chi connectivity index (χ2v) is 4.06. The molecule has 0 radical (unpaired) electrons. The first-order valence-electron chi connectivity index (χ1n) is 5.99. The van der Waals surface area contributed by atoms with Crippen molar-refractivity contribution in [1.82, 2.24) is 10.3 Å². The summed E-state index contributed by atoms with van der Waals surface area (Å²) in [4.78, 5) is 4.24. The lowest BCUT2D eigenvalue weighted by Crippen LogP contribution is -2.21. The summed E-state index contributed by atoms with van der Waals surface area (Å²) >= 11 is 0. The van der Waals surface area contributed by atoms with Crippen molar-refractivity contribution in [3.8, 4) is 11.3 Å². The number of hydrogen-bond donors (Lipinski definition) is 1. The van der Waals surface area contributed by atoms with Gasteiger partial charge in [0.1, 0.15) is 12.0 Å². The van der Waals surface area contributed by atoms with Gasteiger partial charge in [-0.25, -0.2) is 4.98 Å². The van der Waals surface area contributed by atoms with Crippen LogP contribution in [0.15, 0.2) is 27.4 Å². The van der Waals surface area contributed by atoms with Crippen LogP contribution in [0.2, 0.25) is 0 Å². The lowest BCUT2D eigenvalue weighted by atomic mass is 10.3. The predicted octanol–water partition coefficient (Wildman–Crippen LogP) is 2.02. The van der Waals surface area contributed by atoms with E-state index in [-0.39, 0.29) is 0 Å². The fourth-order valence-corrected chi connectivity index (χ4v) is 1.63. The Labute approximate surface area is 106 Å². The molecule has 0 atom stereocenters. The van der Waals surface area contributed by atoms with E-state index in [0.717, 1.165) is 42.5 Å². The smallest absolute Gasteiger partial charge is 0.196 e. The molecule has 0 aliphatic carbocycles. The first-order valence-corrected chi connectivity index (χ1v) is 5.99. The maximum atomic E-state index is 5.65. The molecule has 0 amide bonds. The molecule has 0 saturated heterocycles. The zero-order valence-corrected chi connectivity index (χ0v) is 10.7. The van der Waals surface area contributed by atoms with E-state index in [1.165, 1.54) is 0 Å². The number of ether oxygens (including phenoxy) is 1. The number of hydrogen-bond acceptors (Lipinski definition) is 5. The van der Waals surface area contributed by atoms with Crippen molar-refractivity contribution in [2.75, 3.05) is 26.8 Å². The molecule has 2 aromatic rings. The van der Waals surface area contributed by atoms with E-state index in [0.29, 0.717) is 6.61 Å². The second-order valence-electron chi connectivity index (χ2n) is 4.06. The fraction of sp³-hybridized carbons (Fsp3) is 0.462. The second kappa shape index (κ2) is 6.37. The van der Waals surface area contributed by atoms with Crippen molar-refractivity contribution >= 4 is 0 Å². The molecule has 0 bridgehead atoms. The molecule has 1 N–H and O–H groups in total. The maximum absolute atomic E-state index is 5.65. The zero-order valence-electron chi connectivity index (χ0n) is 10.7. The topological polar surface area (TPSA) is 60.4 Å². The number of methoxy groups -OCH3 is 1. The van der Waals surface area contributed by atoms with Crippen LogP contribution in [0.25, 0.3) is 11.3 Å². The van der Waals surface area contributed by atoms with Crippen LogP contribution in [0.4, 0.5) is 0 Å². The Bertz CT molecular complexity index is 476. The molecule has 0 saturated carbocycles. The molecular weight excluding hydrogens is 232 g/mol. The Morgan fingerprint density at radius 2 is 2.28 bits per heavy atom. The van der Waals surface area contributed by atoms with Gasteiger partial charge >= 0.3 is 0 Å². The molecule has 18 heavy (non-hydrogen) atoms.